The molecule has 0 aromatic rings. The number of hydrogen-bond acceptors (Lipinski definition) is 3. The molecule has 0 aromatic carbocycles. The Morgan fingerprint density at radius 3 is 2.64 bits per heavy atom. The van der Waals surface area contributed by atoms with Crippen LogP contribution in [0.25, 0.3) is 0 Å². The maximum atomic E-state index is 12.4. The van der Waals surface area contributed by atoms with Crippen molar-refractivity contribution in [1.82, 2.24) is 9.62 Å². The fraction of sp³-hybridized carbons (Fsp3) is 0.571. The number of allylic oxidation sites excluding steroid dienone is 1. The fourth-order valence-corrected chi connectivity index (χ4v) is 3.11. The van der Waals surface area contributed by atoms with Crippen molar-refractivity contribution in [3.8, 4) is 0 Å². The molecule has 3 unspecified atom stereocenters. The molecule has 0 bridgehead atoms. The van der Waals surface area contributed by atoms with E-state index in [2.05, 4.69) is 11.9 Å². The minimum Gasteiger partial charge on any atom is -0.385 e. The van der Waals surface area contributed by atoms with E-state index < -0.39 is 28.0 Å². The molecule has 0 saturated heterocycles. The molecule has 4 nitrogen and oxygen atoms in total. The van der Waals surface area contributed by atoms with Gasteiger partial charge < -0.3 is 10.4 Å². The van der Waals surface area contributed by atoms with Crippen LogP contribution in [0.4, 0.5) is 13.2 Å². The van der Waals surface area contributed by atoms with E-state index in [0.29, 0.717) is 5.70 Å². The van der Waals surface area contributed by atoms with Crippen molar-refractivity contribution < 1.29 is 22.5 Å². The zero-order valence-corrected chi connectivity index (χ0v) is 13.6. The molecular weight excluding hydrogens is 317 g/mol. The van der Waals surface area contributed by atoms with Gasteiger partial charge in [0.15, 0.2) is 0 Å². The van der Waals surface area contributed by atoms with Gasteiger partial charge in [0.05, 0.1) is 11.5 Å². The number of halogens is 3. The van der Waals surface area contributed by atoms with Gasteiger partial charge in [0.2, 0.25) is 11.0 Å². The van der Waals surface area contributed by atoms with E-state index in [1.807, 2.05) is 0 Å². The molecule has 22 heavy (non-hydrogen) atoms. The Morgan fingerprint density at radius 1 is 1.55 bits per heavy atom. The highest BCUT2D eigenvalue weighted by atomic mass is 32.2. The number of alkyl halides is 3. The molecule has 126 valence electrons. The third-order valence-electron chi connectivity index (χ3n) is 3.45. The minimum absolute atomic E-state index is 0.0463. The van der Waals surface area contributed by atoms with Crippen LogP contribution >= 0.6 is 0 Å². The molecule has 0 saturated carbocycles. The summed E-state index contributed by atoms with van der Waals surface area (Å²) in [7, 11) is -1.89. The van der Waals surface area contributed by atoms with E-state index in [-0.39, 0.29) is 13.0 Å². The first-order valence-electron chi connectivity index (χ1n) is 6.71. The molecule has 0 radical (unpaired) electrons. The number of hydrogen-bond donors (Lipinski definition) is 2. The summed E-state index contributed by atoms with van der Waals surface area (Å²) in [6, 6.07) is 0. The summed E-state index contributed by atoms with van der Waals surface area (Å²) in [6.07, 6.45) is 5.19. The molecule has 1 heterocycles. The Balaban J connectivity index is 2.77. The zero-order valence-electron chi connectivity index (χ0n) is 12.8. The maximum Gasteiger partial charge on any atom is 0.485 e. The standard InChI is InChI=1S/C14H21F3N2O2S/c1-5-7-13(3,20)12-10(2)18-9-11(12)6-8-19(4)22(21)14(15,16)17/h5,7,9,12,18,20H,2,6,8H2,1,3-4H3/b7-5-. The molecule has 0 aromatic heterocycles. The monoisotopic (exact) mass is 338 g/mol. The van der Waals surface area contributed by atoms with Crippen molar-refractivity contribution in [3.63, 3.8) is 0 Å². The van der Waals surface area contributed by atoms with Crippen molar-refractivity contribution in [3.05, 3.63) is 36.2 Å². The first-order valence-corrected chi connectivity index (χ1v) is 7.81. The van der Waals surface area contributed by atoms with Crippen LogP contribution in [-0.2, 0) is 11.0 Å². The summed E-state index contributed by atoms with van der Waals surface area (Å²) in [5.41, 5.74) is -4.66. The van der Waals surface area contributed by atoms with Crippen LogP contribution < -0.4 is 5.32 Å². The lowest BCUT2D eigenvalue weighted by atomic mass is 9.81. The number of nitrogens with zero attached hydrogens (tertiary/aromatic N) is 1. The molecule has 0 spiro atoms. The van der Waals surface area contributed by atoms with Crippen LogP contribution in [0, 0.1) is 5.92 Å². The zero-order chi connectivity index (χ0) is 17.1. The van der Waals surface area contributed by atoms with Gasteiger partial charge in [-0.2, -0.15) is 13.2 Å². The first-order chi connectivity index (χ1) is 10.0. The van der Waals surface area contributed by atoms with Crippen molar-refractivity contribution in [2.75, 3.05) is 13.6 Å². The molecule has 2 N–H and O–H groups in total. The first kappa shape index (κ1) is 18.9. The summed E-state index contributed by atoms with van der Waals surface area (Å²) in [4.78, 5) is 0. The Hall–Kier alpha value is -1.12. The lowest BCUT2D eigenvalue weighted by Gasteiger charge is -2.30. The van der Waals surface area contributed by atoms with E-state index in [9.17, 15) is 22.5 Å². The minimum atomic E-state index is -4.77. The van der Waals surface area contributed by atoms with Gasteiger partial charge in [-0.25, -0.2) is 8.51 Å². The summed E-state index contributed by atoms with van der Waals surface area (Å²) < 4.78 is 49.1. The highest BCUT2D eigenvalue weighted by Gasteiger charge is 2.41. The molecule has 1 aliphatic heterocycles. The number of aliphatic hydroxyl groups is 1. The Kier molecular flexibility index (Phi) is 6.00. The van der Waals surface area contributed by atoms with Gasteiger partial charge in [-0.1, -0.05) is 18.7 Å². The summed E-state index contributed by atoms with van der Waals surface area (Å²) in [5, 5.41) is 13.4. The fourth-order valence-electron chi connectivity index (χ4n) is 2.50. The highest BCUT2D eigenvalue weighted by Crippen LogP contribution is 2.36. The van der Waals surface area contributed by atoms with E-state index in [1.54, 1.807) is 32.2 Å². The van der Waals surface area contributed by atoms with Crippen LogP contribution in [0.15, 0.2) is 36.2 Å². The van der Waals surface area contributed by atoms with Gasteiger partial charge in [-0.15, -0.1) is 0 Å². The lowest BCUT2D eigenvalue weighted by Crippen LogP contribution is -2.36. The van der Waals surface area contributed by atoms with Crippen LogP contribution in [0.3, 0.4) is 0 Å². The van der Waals surface area contributed by atoms with Crippen molar-refractivity contribution in [2.45, 2.75) is 31.4 Å². The third kappa shape index (κ3) is 4.44. The Morgan fingerprint density at radius 2 is 2.14 bits per heavy atom. The third-order valence-corrected chi connectivity index (χ3v) is 4.59. The second-order valence-electron chi connectivity index (χ2n) is 5.34. The molecular formula is C14H21F3N2O2S. The van der Waals surface area contributed by atoms with Gasteiger partial charge in [-0.3, -0.25) is 0 Å². The van der Waals surface area contributed by atoms with E-state index in [0.717, 1.165) is 16.9 Å². The van der Waals surface area contributed by atoms with Crippen LogP contribution in [0.2, 0.25) is 0 Å². The quantitative estimate of drug-likeness (QED) is 0.732. The normalized spacial score (nSPS) is 23.5. The molecule has 3 atom stereocenters. The molecule has 8 heteroatoms. The van der Waals surface area contributed by atoms with Crippen molar-refractivity contribution in [2.24, 2.45) is 5.92 Å². The largest absolute Gasteiger partial charge is 0.485 e. The highest BCUT2D eigenvalue weighted by molar-refractivity contribution is 7.83. The van der Waals surface area contributed by atoms with Gasteiger partial charge >= 0.3 is 5.51 Å². The predicted octanol–water partition coefficient (Wildman–Crippen LogP) is 2.44. The molecule has 1 aliphatic rings. The number of rotatable bonds is 6. The van der Waals surface area contributed by atoms with Crippen molar-refractivity contribution in [1.29, 1.82) is 0 Å². The SMILES string of the molecule is C=C1NC=C(CCN(C)S(=O)C(F)(F)F)C1C(C)(O)/C=C\C. The van der Waals surface area contributed by atoms with Crippen LogP contribution in [0.1, 0.15) is 20.3 Å². The maximum absolute atomic E-state index is 12.4. The summed E-state index contributed by atoms with van der Waals surface area (Å²) in [6.45, 7) is 7.16. The van der Waals surface area contributed by atoms with Gasteiger partial charge in [-0.05, 0) is 25.8 Å². The second kappa shape index (κ2) is 6.97. The Bertz CT molecular complexity index is 513. The number of nitrogens with one attached hydrogen (secondary N) is 1. The van der Waals surface area contributed by atoms with E-state index >= 15 is 0 Å². The summed E-state index contributed by atoms with van der Waals surface area (Å²) >= 11 is 0. The van der Waals surface area contributed by atoms with Gasteiger partial charge in [0, 0.05) is 25.5 Å². The second-order valence-corrected chi connectivity index (χ2v) is 6.93. The lowest BCUT2D eigenvalue weighted by molar-refractivity contribution is -0.0423. The van der Waals surface area contributed by atoms with E-state index in [1.165, 1.54) is 0 Å². The summed E-state index contributed by atoms with van der Waals surface area (Å²) in [5.74, 6) is -0.434. The van der Waals surface area contributed by atoms with Crippen LogP contribution in [-0.4, -0.2) is 38.3 Å². The Labute approximate surface area is 131 Å². The molecule has 0 fully saturated rings. The molecule has 0 amide bonds. The average Bonchev–Trinajstić information content (AvgIpc) is 2.75. The van der Waals surface area contributed by atoms with Gasteiger partial charge in [0.25, 0.3) is 0 Å². The molecule has 0 aliphatic carbocycles. The predicted molar refractivity (Wildman–Crippen MR) is 80.7 cm³/mol. The van der Waals surface area contributed by atoms with Gasteiger partial charge in [0.1, 0.15) is 0 Å². The topological polar surface area (TPSA) is 52.6 Å². The smallest absolute Gasteiger partial charge is 0.385 e. The molecule has 1 rings (SSSR count). The van der Waals surface area contributed by atoms with E-state index in [4.69, 9.17) is 0 Å². The van der Waals surface area contributed by atoms with Crippen molar-refractivity contribution >= 4 is 11.0 Å². The van der Waals surface area contributed by atoms with Crippen LogP contribution in [0.5, 0.6) is 0 Å². The average molecular weight is 338 g/mol.